The van der Waals surface area contributed by atoms with Gasteiger partial charge in [0.1, 0.15) is 0 Å². The Morgan fingerprint density at radius 2 is 0.771 bits per heavy atom. The molecule has 0 radical (unpaired) electrons. The zero-order valence-corrected chi connectivity index (χ0v) is 21.2. The Kier molecular flexibility index (Phi) is 8.16. The van der Waals surface area contributed by atoms with Gasteiger partial charge >= 0.3 is 0 Å². The van der Waals surface area contributed by atoms with Crippen molar-refractivity contribution >= 4 is 24.3 Å². The first kappa shape index (κ1) is 24.5. The first-order valence-corrected chi connectivity index (χ1v) is 12.6. The highest BCUT2D eigenvalue weighted by molar-refractivity contribution is 5.70. The van der Waals surface area contributed by atoms with E-state index in [4.69, 9.17) is 0 Å². The van der Waals surface area contributed by atoms with E-state index in [1.165, 1.54) is 33.4 Å². The molecule has 4 aromatic carbocycles. The maximum absolute atomic E-state index is 2.37. The molecule has 0 aliphatic heterocycles. The summed E-state index contributed by atoms with van der Waals surface area (Å²) in [5.41, 5.74) is 7.98. The van der Waals surface area contributed by atoms with Crippen molar-refractivity contribution in [2.75, 3.05) is 0 Å². The summed E-state index contributed by atoms with van der Waals surface area (Å²) < 4.78 is 0. The number of rotatable bonds is 8. The maximum Gasteiger partial charge on any atom is -0.0242 e. The summed E-state index contributed by atoms with van der Waals surface area (Å²) in [7, 11) is 0. The standard InChI is InChI=1S/C35H36/c1-35(2,3)34(26-32-22-18-30(19-23-32)16-14-28-10-6-4-7-11-28)27-33-24-20-31(21-25-33)17-15-29-12-8-5-9-13-29/h4-25,34H,26-27H2,1-3H3/b16-14+,17-15+. The lowest BCUT2D eigenvalue weighted by atomic mass is 9.74. The van der Waals surface area contributed by atoms with E-state index < -0.39 is 0 Å². The summed E-state index contributed by atoms with van der Waals surface area (Å²) in [6.45, 7) is 7.10. The van der Waals surface area contributed by atoms with E-state index in [1.54, 1.807) is 0 Å². The summed E-state index contributed by atoms with van der Waals surface area (Å²) in [5, 5.41) is 0. The predicted molar refractivity (Wildman–Crippen MR) is 154 cm³/mol. The quantitative estimate of drug-likeness (QED) is 0.232. The van der Waals surface area contributed by atoms with Crippen LogP contribution in [0.3, 0.4) is 0 Å². The minimum absolute atomic E-state index is 0.234. The van der Waals surface area contributed by atoms with Crippen molar-refractivity contribution in [3.05, 3.63) is 143 Å². The van der Waals surface area contributed by atoms with E-state index >= 15 is 0 Å². The molecule has 0 spiro atoms. The van der Waals surface area contributed by atoms with Crippen LogP contribution in [0.25, 0.3) is 24.3 Å². The smallest absolute Gasteiger partial charge is 0.0242 e. The van der Waals surface area contributed by atoms with E-state index in [2.05, 4.69) is 154 Å². The van der Waals surface area contributed by atoms with Crippen molar-refractivity contribution < 1.29 is 0 Å². The molecule has 0 nitrogen and oxygen atoms in total. The highest BCUT2D eigenvalue weighted by atomic mass is 14.3. The SMILES string of the molecule is CC(C)(C)C(Cc1ccc(/C=C/c2ccccc2)cc1)Cc1ccc(/C=C/c2ccccc2)cc1. The molecule has 0 aliphatic carbocycles. The lowest BCUT2D eigenvalue weighted by Crippen LogP contribution is -2.25. The molecule has 0 saturated carbocycles. The first-order chi connectivity index (χ1) is 17.0. The molecule has 176 valence electrons. The minimum Gasteiger partial charge on any atom is -0.0622 e. The Labute approximate surface area is 211 Å². The van der Waals surface area contributed by atoms with Crippen LogP contribution < -0.4 is 0 Å². The number of hydrogen-bond donors (Lipinski definition) is 0. The summed E-state index contributed by atoms with van der Waals surface area (Å²) in [5.74, 6) is 0.568. The van der Waals surface area contributed by atoms with Gasteiger partial charge in [0.05, 0.1) is 0 Å². The molecule has 0 atom stereocenters. The Hall–Kier alpha value is -3.64. The summed E-state index contributed by atoms with van der Waals surface area (Å²) in [4.78, 5) is 0. The third kappa shape index (κ3) is 7.69. The highest BCUT2D eigenvalue weighted by Gasteiger charge is 2.25. The fourth-order valence-corrected chi connectivity index (χ4v) is 4.30. The molecular weight excluding hydrogens is 420 g/mol. The first-order valence-electron chi connectivity index (χ1n) is 12.6. The lowest BCUT2D eigenvalue weighted by Gasteiger charge is -2.31. The Bertz CT molecular complexity index is 1120. The Balaban J connectivity index is 1.39. The van der Waals surface area contributed by atoms with Gasteiger partial charge in [0.25, 0.3) is 0 Å². The van der Waals surface area contributed by atoms with Crippen LogP contribution in [0.4, 0.5) is 0 Å². The predicted octanol–water partition coefficient (Wildman–Crippen LogP) is 9.47. The molecule has 4 rings (SSSR count). The number of hydrogen-bond acceptors (Lipinski definition) is 0. The average molecular weight is 457 g/mol. The highest BCUT2D eigenvalue weighted by Crippen LogP contribution is 2.32. The summed E-state index contributed by atoms with van der Waals surface area (Å²) >= 11 is 0. The summed E-state index contributed by atoms with van der Waals surface area (Å²) in [6.07, 6.45) is 10.9. The van der Waals surface area contributed by atoms with Gasteiger partial charge in [0.2, 0.25) is 0 Å². The largest absolute Gasteiger partial charge is 0.0622 e. The molecule has 0 fully saturated rings. The van der Waals surface area contributed by atoms with Crippen molar-refractivity contribution in [3.8, 4) is 0 Å². The molecule has 0 aromatic heterocycles. The van der Waals surface area contributed by atoms with Gasteiger partial charge in [-0.2, -0.15) is 0 Å². The van der Waals surface area contributed by atoms with Gasteiger partial charge in [0, 0.05) is 0 Å². The van der Waals surface area contributed by atoms with Gasteiger partial charge in [-0.3, -0.25) is 0 Å². The van der Waals surface area contributed by atoms with Crippen LogP contribution in [0.2, 0.25) is 0 Å². The molecule has 4 aromatic rings. The molecule has 0 heteroatoms. The molecule has 0 heterocycles. The van der Waals surface area contributed by atoms with E-state index in [-0.39, 0.29) is 5.41 Å². The van der Waals surface area contributed by atoms with Gasteiger partial charge in [-0.25, -0.2) is 0 Å². The second kappa shape index (κ2) is 11.7. The normalized spacial score (nSPS) is 12.1. The topological polar surface area (TPSA) is 0 Å². The van der Waals surface area contributed by atoms with Crippen molar-refractivity contribution in [2.45, 2.75) is 33.6 Å². The van der Waals surface area contributed by atoms with Gasteiger partial charge in [-0.05, 0) is 57.6 Å². The van der Waals surface area contributed by atoms with Crippen LogP contribution in [0.15, 0.2) is 109 Å². The van der Waals surface area contributed by atoms with Gasteiger partial charge in [-0.1, -0.05) is 154 Å². The average Bonchev–Trinajstić information content (AvgIpc) is 2.88. The van der Waals surface area contributed by atoms with Gasteiger partial charge in [0.15, 0.2) is 0 Å². The molecule has 0 unspecified atom stereocenters. The second-order valence-corrected chi connectivity index (χ2v) is 10.4. The zero-order chi connectivity index (χ0) is 24.5. The molecular formula is C35H36. The molecule has 0 N–H and O–H groups in total. The van der Waals surface area contributed by atoms with Crippen LogP contribution >= 0.6 is 0 Å². The van der Waals surface area contributed by atoms with E-state index in [0.29, 0.717) is 5.92 Å². The summed E-state index contributed by atoms with van der Waals surface area (Å²) in [6, 6.07) is 39.0. The van der Waals surface area contributed by atoms with Crippen molar-refractivity contribution in [1.82, 2.24) is 0 Å². The van der Waals surface area contributed by atoms with Gasteiger partial charge in [-0.15, -0.1) is 0 Å². The minimum atomic E-state index is 0.234. The van der Waals surface area contributed by atoms with E-state index in [9.17, 15) is 0 Å². The Morgan fingerprint density at radius 1 is 0.457 bits per heavy atom. The molecule has 0 saturated heterocycles. The molecule has 0 aliphatic rings. The van der Waals surface area contributed by atoms with E-state index in [0.717, 1.165) is 12.8 Å². The molecule has 0 bridgehead atoms. The van der Waals surface area contributed by atoms with Crippen LogP contribution in [0.5, 0.6) is 0 Å². The van der Waals surface area contributed by atoms with Crippen LogP contribution in [-0.4, -0.2) is 0 Å². The van der Waals surface area contributed by atoms with Gasteiger partial charge < -0.3 is 0 Å². The molecule has 0 amide bonds. The maximum atomic E-state index is 2.37. The van der Waals surface area contributed by atoms with Crippen molar-refractivity contribution in [3.63, 3.8) is 0 Å². The van der Waals surface area contributed by atoms with Crippen LogP contribution in [0.1, 0.15) is 54.2 Å². The molecule has 35 heavy (non-hydrogen) atoms. The third-order valence-electron chi connectivity index (χ3n) is 6.68. The fourth-order valence-electron chi connectivity index (χ4n) is 4.30. The van der Waals surface area contributed by atoms with Crippen molar-refractivity contribution in [2.24, 2.45) is 11.3 Å². The Morgan fingerprint density at radius 3 is 1.09 bits per heavy atom. The van der Waals surface area contributed by atoms with Crippen LogP contribution in [-0.2, 0) is 12.8 Å². The third-order valence-corrected chi connectivity index (χ3v) is 6.68. The monoisotopic (exact) mass is 456 g/mol. The fraction of sp³-hybridized carbons (Fsp3) is 0.200. The lowest BCUT2D eigenvalue weighted by molar-refractivity contribution is 0.237. The van der Waals surface area contributed by atoms with Crippen molar-refractivity contribution in [1.29, 1.82) is 0 Å². The van der Waals surface area contributed by atoms with E-state index in [1.807, 2.05) is 0 Å². The van der Waals surface area contributed by atoms with Crippen LogP contribution in [0, 0.1) is 11.3 Å². The zero-order valence-electron chi connectivity index (χ0n) is 21.2. The number of benzene rings is 4. The second-order valence-electron chi connectivity index (χ2n) is 10.4.